The Morgan fingerprint density at radius 1 is 0.925 bits per heavy atom. The molecule has 7 nitrogen and oxygen atoms in total. The number of primary amides is 2. The topological polar surface area (TPSA) is 105 Å². The maximum atomic E-state index is 13.6. The maximum Gasteiger partial charge on any atom is 0.316 e. The fourth-order valence-corrected chi connectivity index (χ4v) is 5.89. The van der Waals surface area contributed by atoms with Crippen LogP contribution in [0.4, 0.5) is 19.3 Å². The van der Waals surface area contributed by atoms with Gasteiger partial charge in [-0.05, 0) is 97.4 Å². The molecular weight excluding hydrogens is 512 g/mol. The number of aryl methyl sites for hydroxylation is 2. The lowest BCUT2D eigenvalue weighted by Crippen LogP contribution is -2.51. The van der Waals surface area contributed by atoms with Gasteiger partial charge in [0.2, 0.25) is 5.91 Å². The Bertz CT molecular complexity index is 1260. The molecule has 3 aromatic carbocycles. The number of nitrogens with zero attached hydrogens (tertiary/aromatic N) is 2. The fraction of sp³-hybridized carbons (Fsp3) is 0.355. The highest BCUT2D eigenvalue weighted by Crippen LogP contribution is 2.34. The van der Waals surface area contributed by atoms with Crippen LogP contribution in [-0.2, 0) is 4.79 Å². The van der Waals surface area contributed by atoms with Crippen LogP contribution in [0.5, 0.6) is 0 Å². The van der Waals surface area contributed by atoms with Gasteiger partial charge >= 0.3 is 6.03 Å². The van der Waals surface area contributed by atoms with Crippen molar-refractivity contribution in [2.75, 3.05) is 38.0 Å². The molecule has 1 heterocycles. The summed E-state index contributed by atoms with van der Waals surface area (Å²) in [5.74, 6) is -0.929. The van der Waals surface area contributed by atoms with E-state index in [9.17, 15) is 18.4 Å². The highest BCUT2D eigenvalue weighted by atomic mass is 19.1. The average molecular weight is 550 g/mol. The van der Waals surface area contributed by atoms with Crippen molar-refractivity contribution in [3.8, 4) is 0 Å². The van der Waals surface area contributed by atoms with Gasteiger partial charge in [0.05, 0.1) is 6.54 Å². The molecule has 1 atom stereocenters. The van der Waals surface area contributed by atoms with E-state index in [-0.39, 0.29) is 36.0 Å². The number of hydrogen-bond donors (Lipinski definition) is 3. The molecule has 1 fully saturated rings. The van der Waals surface area contributed by atoms with Crippen LogP contribution < -0.4 is 16.8 Å². The quantitative estimate of drug-likeness (QED) is 0.337. The molecule has 0 bridgehead atoms. The van der Waals surface area contributed by atoms with Crippen LogP contribution in [0.15, 0.2) is 60.7 Å². The van der Waals surface area contributed by atoms with E-state index >= 15 is 0 Å². The molecule has 0 aromatic heterocycles. The Labute approximate surface area is 234 Å². The molecule has 0 radical (unpaired) electrons. The minimum Gasteiger partial charge on any atom is -0.369 e. The van der Waals surface area contributed by atoms with Crippen molar-refractivity contribution in [2.24, 2.45) is 11.5 Å². The lowest BCUT2D eigenvalue weighted by molar-refractivity contribution is -0.120. The summed E-state index contributed by atoms with van der Waals surface area (Å²) in [5.41, 5.74) is 16.6. The maximum absolute atomic E-state index is 13.6. The monoisotopic (exact) mass is 549 g/mol. The zero-order chi connectivity index (χ0) is 28.8. The SMILES string of the molecule is Cc1cc(NC(N)=O)cc(C)c1C1CN(CCCC(c2ccc(F)cc2)c2ccc(F)cc2)CCN1CC(N)=O. The summed E-state index contributed by atoms with van der Waals surface area (Å²) in [5, 5.41) is 2.64. The van der Waals surface area contributed by atoms with Crippen LogP contribution in [0.25, 0.3) is 0 Å². The third-order valence-electron chi connectivity index (χ3n) is 7.64. The zero-order valence-corrected chi connectivity index (χ0v) is 23.0. The zero-order valence-electron chi connectivity index (χ0n) is 23.0. The number of carbonyl (C=O) groups excluding carboxylic acids is 2. The average Bonchev–Trinajstić information content (AvgIpc) is 2.88. The van der Waals surface area contributed by atoms with Crippen molar-refractivity contribution in [1.82, 2.24) is 9.80 Å². The van der Waals surface area contributed by atoms with Crippen LogP contribution in [0.3, 0.4) is 0 Å². The first-order valence-corrected chi connectivity index (χ1v) is 13.5. The number of hydrogen-bond acceptors (Lipinski definition) is 4. The lowest BCUT2D eigenvalue weighted by atomic mass is 9.87. The summed E-state index contributed by atoms with van der Waals surface area (Å²) in [6, 6.07) is 16.1. The molecular formula is C31H37F2N5O2. The van der Waals surface area contributed by atoms with Gasteiger partial charge in [-0.3, -0.25) is 9.69 Å². The summed E-state index contributed by atoms with van der Waals surface area (Å²) in [6.45, 7) is 7.18. The number of halogens is 2. The van der Waals surface area contributed by atoms with Gasteiger partial charge in [-0.2, -0.15) is 0 Å². The number of amides is 3. The van der Waals surface area contributed by atoms with Gasteiger partial charge in [-0.15, -0.1) is 0 Å². The predicted molar refractivity (Wildman–Crippen MR) is 153 cm³/mol. The molecule has 9 heteroatoms. The van der Waals surface area contributed by atoms with Crippen LogP contribution in [-0.4, -0.2) is 54.5 Å². The Kier molecular flexibility index (Phi) is 9.50. The number of piperazine rings is 1. The Morgan fingerprint density at radius 3 is 1.98 bits per heavy atom. The molecule has 0 aliphatic carbocycles. The third kappa shape index (κ3) is 7.43. The second-order valence-corrected chi connectivity index (χ2v) is 10.6. The van der Waals surface area contributed by atoms with Crippen LogP contribution in [0.1, 0.15) is 52.6 Å². The molecule has 40 heavy (non-hydrogen) atoms. The summed E-state index contributed by atoms with van der Waals surface area (Å²) < 4.78 is 27.2. The first kappa shape index (κ1) is 29.2. The van der Waals surface area contributed by atoms with Gasteiger partial charge in [0.1, 0.15) is 11.6 Å². The highest BCUT2D eigenvalue weighted by Gasteiger charge is 2.31. The summed E-state index contributed by atoms with van der Waals surface area (Å²) in [6.07, 6.45) is 1.69. The van der Waals surface area contributed by atoms with Gasteiger partial charge < -0.3 is 21.7 Å². The second-order valence-electron chi connectivity index (χ2n) is 10.6. The minimum atomic E-state index is -0.620. The van der Waals surface area contributed by atoms with Crippen molar-refractivity contribution in [3.05, 3.63) is 100 Å². The number of rotatable bonds is 10. The number of carbonyl (C=O) groups is 2. The van der Waals surface area contributed by atoms with Gasteiger partial charge in [-0.25, -0.2) is 13.6 Å². The van der Waals surface area contributed by atoms with E-state index in [0.717, 1.165) is 60.3 Å². The Balaban J connectivity index is 1.50. The molecule has 1 aliphatic heterocycles. The van der Waals surface area contributed by atoms with Crippen molar-refractivity contribution in [3.63, 3.8) is 0 Å². The molecule has 3 amide bonds. The molecule has 1 aliphatic rings. The van der Waals surface area contributed by atoms with Crippen LogP contribution in [0, 0.1) is 25.5 Å². The third-order valence-corrected chi connectivity index (χ3v) is 7.64. The largest absolute Gasteiger partial charge is 0.369 e. The molecule has 3 aromatic rings. The van der Waals surface area contributed by atoms with E-state index in [1.54, 1.807) is 24.3 Å². The fourth-order valence-electron chi connectivity index (χ4n) is 5.89. The van der Waals surface area contributed by atoms with E-state index < -0.39 is 6.03 Å². The molecule has 0 saturated carbocycles. The number of benzene rings is 3. The van der Waals surface area contributed by atoms with Gasteiger partial charge in [0.15, 0.2) is 0 Å². The lowest BCUT2D eigenvalue weighted by Gasteiger charge is -2.42. The van der Waals surface area contributed by atoms with E-state index in [2.05, 4.69) is 15.1 Å². The van der Waals surface area contributed by atoms with Crippen molar-refractivity contribution in [1.29, 1.82) is 0 Å². The van der Waals surface area contributed by atoms with Gasteiger partial charge in [-0.1, -0.05) is 24.3 Å². The number of nitrogens with two attached hydrogens (primary N) is 2. The second kappa shape index (κ2) is 13.0. The Hall–Kier alpha value is -3.82. The minimum absolute atomic E-state index is 0.0166. The van der Waals surface area contributed by atoms with E-state index in [1.807, 2.05) is 26.0 Å². The normalized spacial score (nSPS) is 16.3. The first-order chi connectivity index (χ1) is 19.1. The van der Waals surface area contributed by atoms with E-state index in [4.69, 9.17) is 11.5 Å². The van der Waals surface area contributed by atoms with E-state index in [0.29, 0.717) is 12.2 Å². The van der Waals surface area contributed by atoms with Crippen LogP contribution >= 0.6 is 0 Å². The standard InChI is InChI=1S/C31H37F2N5O2/c1-20-16-26(36-31(35)40)17-21(2)30(20)28-18-37(14-15-38(28)19-29(34)39)13-3-4-27(22-5-9-24(32)10-6-22)23-7-11-25(33)12-8-23/h5-12,16-17,27-28H,3-4,13-15,18-19H2,1-2H3,(H2,34,39)(H3,35,36,40). The van der Waals surface area contributed by atoms with Crippen molar-refractivity contribution < 1.29 is 18.4 Å². The molecule has 5 N–H and O–H groups in total. The molecule has 4 rings (SSSR count). The summed E-state index contributed by atoms with van der Waals surface area (Å²) in [4.78, 5) is 27.8. The van der Waals surface area contributed by atoms with Crippen LogP contribution in [0.2, 0.25) is 0 Å². The predicted octanol–water partition coefficient (Wildman–Crippen LogP) is 4.83. The number of urea groups is 1. The van der Waals surface area contributed by atoms with Gasteiger partial charge in [0.25, 0.3) is 0 Å². The smallest absolute Gasteiger partial charge is 0.316 e. The number of anilines is 1. The first-order valence-electron chi connectivity index (χ1n) is 13.5. The Morgan fingerprint density at radius 2 is 1.48 bits per heavy atom. The van der Waals surface area contributed by atoms with E-state index in [1.165, 1.54) is 24.3 Å². The molecule has 212 valence electrons. The molecule has 0 spiro atoms. The summed E-state index contributed by atoms with van der Waals surface area (Å²) >= 11 is 0. The summed E-state index contributed by atoms with van der Waals surface area (Å²) in [7, 11) is 0. The number of nitrogens with one attached hydrogen (secondary N) is 1. The molecule has 1 unspecified atom stereocenters. The van der Waals surface area contributed by atoms with Gasteiger partial charge in [0, 0.05) is 37.3 Å². The van der Waals surface area contributed by atoms with Crippen molar-refractivity contribution >= 4 is 17.6 Å². The molecule has 1 saturated heterocycles. The van der Waals surface area contributed by atoms with Crippen molar-refractivity contribution in [2.45, 2.75) is 38.6 Å². The highest BCUT2D eigenvalue weighted by molar-refractivity contribution is 5.88.